The molecule has 0 aromatic heterocycles. The smallest absolute Gasteiger partial charge is 0.126 e. The van der Waals surface area contributed by atoms with E-state index in [-0.39, 0.29) is 6.42 Å². The number of hydrogen-bond acceptors (Lipinski definition) is 2. The van der Waals surface area contributed by atoms with Gasteiger partial charge in [-0.25, -0.2) is 4.39 Å². The fraction of sp³-hybridized carbons (Fsp3) is 0.143. The van der Waals surface area contributed by atoms with E-state index in [0.29, 0.717) is 21.8 Å². The summed E-state index contributed by atoms with van der Waals surface area (Å²) < 4.78 is 14.4. The number of hydrogen-bond donors (Lipinski definition) is 2. The Bertz CT molecular complexity index is 606. The van der Waals surface area contributed by atoms with Crippen LogP contribution in [0.2, 0.25) is 5.02 Å². The van der Waals surface area contributed by atoms with Crippen LogP contribution >= 0.6 is 27.5 Å². The number of benzene rings is 2. The highest BCUT2D eigenvalue weighted by Gasteiger charge is 2.15. The van der Waals surface area contributed by atoms with E-state index in [1.165, 1.54) is 18.2 Å². The molecule has 0 radical (unpaired) electrons. The van der Waals surface area contributed by atoms with Crippen molar-refractivity contribution in [1.82, 2.24) is 0 Å². The average Bonchev–Trinajstić information content (AvgIpc) is 2.36. The Morgan fingerprint density at radius 3 is 2.74 bits per heavy atom. The Morgan fingerprint density at radius 2 is 2.00 bits per heavy atom. The average molecular weight is 345 g/mol. The van der Waals surface area contributed by atoms with Gasteiger partial charge in [-0.15, -0.1) is 0 Å². The third-order valence-corrected chi connectivity index (χ3v) is 3.56. The van der Waals surface area contributed by atoms with Gasteiger partial charge in [-0.05, 0) is 42.0 Å². The van der Waals surface area contributed by atoms with E-state index < -0.39 is 11.9 Å². The Kier molecular flexibility index (Phi) is 4.45. The fourth-order valence-corrected chi connectivity index (χ4v) is 2.43. The first-order valence-electron chi connectivity index (χ1n) is 5.64. The second-order valence-electron chi connectivity index (χ2n) is 4.23. The molecule has 2 nitrogen and oxygen atoms in total. The van der Waals surface area contributed by atoms with Crippen LogP contribution in [0.5, 0.6) is 0 Å². The first-order valence-corrected chi connectivity index (χ1v) is 6.81. The molecule has 0 amide bonds. The summed E-state index contributed by atoms with van der Waals surface area (Å²) in [6.45, 7) is 0. The maximum Gasteiger partial charge on any atom is 0.126 e. The van der Waals surface area contributed by atoms with Crippen LogP contribution in [0, 0.1) is 5.82 Å². The normalized spacial score (nSPS) is 12.4. The monoisotopic (exact) mass is 343 g/mol. The van der Waals surface area contributed by atoms with Crippen molar-refractivity contribution in [3.8, 4) is 0 Å². The van der Waals surface area contributed by atoms with Crippen molar-refractivity contribution in [2.24, 2.45) is 0 Å². The molecule has 1 unspecified atom stereocenters. The molecule has 100 valence electrons. The summed E-state index contributed by atoms with van der Waals surface area (Å²) in [5, 5.41) is 10.6. The maximum atomic E-state index is 13.6. The molecule has 0 aliphatic carbocycles. The summed E-state index contributed by atoms with van der Waals surface area (Å²) in [6, 6.07) is 9.47. The van der Waals surface area contributed by atoms with Crippen LogP contribution in [0.1, 0.15) is 17.2 Å². The molecule has 2 rings (SSSR count). The van der Waals surface area contributed by atoms with Crippen molar-refractivity contribution in [2.75, 3.05) is 5.73 Å². The lowest BCUT2D eigenvalue weighted by molar-refractivity contribution is 0.178. The number of nitrogens with two attached hydrogens (primary N) is 1. The van der Waals surface area contributed by atoms with Gasteiger partial charge in [-0.3, -0.25) is 0 Å². The minimum absolute atomic E-state index is 0.118. The van der Waals surface area contributed by atoms with Crippen molar-refractivity contribution >= 4 is 33.2 Å². The van der Waals surface area contributed by atoms with Crippen molar-refractivity contribution in [1.29, 1.82) is 0 Å². The van der Waals surface area contributed by atoms with Crippen molar-refractivity contribution < 1.29 is 9.50 Å². The number of anilines is 1. The Labute approximate surface area is 124 Å². The highest BCUT2D eigenvalue weighted by atomic mass is 79.9. The summed E-state index contributed by atoms with van der Waals surface area (Å²) in [7, 11) is 0. The highest BCUT2D eigenvalue weighted by Crippen LogP contribution is 2.28. The molecule has 1 atom stereocenters. The quantitative estimate of drug-likeness (QED) is 0.824. The molecular weight excluding hydrogens is 333 g/mol. The van der Waals surface area contributed by atoms with E-state index in [9.17, 15) is 9.50 Å². The largest absolute Gasteiger partial charge is 0.398 e. The summed E-state index contributed by atoms with van der Waals surface area (Å²) >= 11 is 9.14. The zero-order valence-corrected chi connectivity index (χ0v) is 12.2. The van der Waals surface area contributed by atoms with Crippen LogP contribution in [0.25, 0.3) is 0 Å². The number of rotatable bonds is 3. The molecule has 0 bridgehead atoms. The van der Waals surface area contributed by atoms with Crippen molar-refractivity contribution in [3.05, 3.63) is 62.8 Å². The van der Waals surface area contributed by atoms with Gasteiger partial charge in [-0.1, -0.05) is 27.5 Å². The SMILES string of the molecule is Nc1ccc(Br)cc1C(O)Cc1cc(Cl)ccc1F. The Balaban J connectivity index is 2.27. The predicted molar refractivity (Wildman–Crippen MR) is 78.6 cm³/mol. The molecule has 0 saturated heterocycles. The number of aliphatic hydroxyl groups excluding tert-OH is 1. The lowest BCUT2D eigenvalue weighted by atomic mass is 10.00. The van der Waals surface area contributed by atoms with Gasteiger partial charge < -0.3 is 10.8 Å². The first kappa shape index (κ1) is 14.3. The van der Waals surface area contributed by atoms with E-state index in [2.05, 4.69) is 15.9 Å². The van der Waals surface area contributed by atoms with Crippen LogP contribution in [0.15, 0.2) is 40.9 Å². The van der Waals surface area contributed by atoms with Gasteiger partial charge >= 0.3 is 0 Å². The molecule has 0 saturated carbocycles. The van der Waals surface area contributed by atoms with Gasteiger partial charge in [0.25, 0.3) is 0 Å². The van der Waals surface area contributed by atoms with Gasteiger partial charge in [0.2, 0.25) is 0 Å². The number of halogens is 3. The summed E-state index contributed by atoms with van der Waals surface area (Å²) in [6.07, 6.45) is -0.766. The second-order valence-corrected chi connectivity index (χ2v) is 5.58. The molecule has 0 fully saturated rings. The summed E-state index contributed by atoms with van der Waals surface area (Å²) in [5.74, 6) is -0.392. The third-order valence-electron chi connectivity index (χ3n) is 2.83. The highest BCUT2D eigenvalue weighted by molar-refractivity contribution is 9.10. The van der Waals surface area contributed by atoms with Gasteiger partial charge in [0, 0.05) is 27.2 Å². The van der Waals surface area contributed by atoms with E-state index in [1.807, 2.05) is 0 Å². The molecule has 0 spiro atoms. The molecule has 0 heterocycles. The van der Waals surface area contributed by atoms with Gasteiger partial charge in [0.15, 0.2) is 0 Å². The minimum Gasteiger partial charge on any atom is -0.398 e. The Hall–Kier alpha value is -1.10. The van der Waals surface area contributed by atoms with Gasteiger partial charge in [0.1, 0.15) is 5.82 Å². The van der Waals surface area contributed by atoms with Crippen LogP contribution < -0.4 is 5.73 Å². The molecule has 19 heavy (non-hydrogen) atoms. The van der Waals surface area contributed by atoms with E-state index in [0.717, 1.165) is 4.47 Å². The van der Waals surface area contributed by atoms with Crippen molar-refractivity contribution in [2.45, 2.75) is 12.5 Å². The first-order chi connectivity index (χ1) is 8.97. The molecule has 2 aromatic rings. The lowest BCUT2D eigenvalue weighted by Crippen LogP contribution is -2.06. The topological polar surface area (TPSA) is 46.2 Å². The summed E-state index contributed by atoms with van der Waals surface area (Å²) in [5.41, 5.74) is 7.21. The van der Waals surface area contributed by atoms with Gasteiger partial charge in [0.05, 0.1) is 6.10 Å². The molecular formula is C14H12BrClFNO. The molecule has 5 heteroatoms. The minimum atomic E-state index is -0.884. The molecule has 2 aromatic carbocycles. The Morgan fingerprint density at radius 1 is 1.26 bits per heavy atom. The molecule has 0 aliphatic rings. The van der Waals surface area contributed by atoms with E-state index in [1.54, 1.807) is 18.2 Å². The van der Waals surface area contributed by atoms with Crippen LogP contribution in [-0.2, 0) is 6.42 Å². The molecule has 3 N–H and O–H groups in total. The number of nitrogen functional groups attached to an aromatic ring is 1. The standard InChI is InChI=1S/C14H12BrClFNO/c15-9-1-4-13(18)11(7-9)14(19)6-8-5-10(16)2-3-12(8)17/h1-5,7,14,19H,6,18H2. The fourth-order valence-electron chi connectivity index (χ4n) is 1.85. The molecule has 0 aliphatic heterocycles. The van der Waals surface area contributed by atoms with Crippen LogP contribution in [0.3, 0.4) is 0 Å². The zero-order chi connectivity index (χ0) is 14.0. The lowest BCUT2D eigenvalue weighted by Gasteiger charge is -2.14. The van der Waals surface area contributed by atoms with E-state index >= 15 is 0 Å². The third kappa shape index (κ3) is 3.47. The number of aliphatic hydroxyl groups is 1. The van der Waals surface area contributed by atoms with Crippen LogP contribution in [-0.4, -0.2) is 5.11 Å². The van der Waals surface area contributed by atoms with E-state index in [4.69, 9.17) is 17.3 Å². The second kappa shape index (κ2) is 5.90. The predicted octanol–water partition coefficient (Wildman–Crippen LogP) is 4.10. The van der Waals surface area contributed by atoms with Gasteiger partial charge in [-0.2, -0.15) is 0 Å². The zero-order valence-electron chi connectivity index (χ0n) is 9.91. The van der Waals surface area contributed by atoms with Crippen LogP contribution in [0.4, 0.5) is 10.1 Å². The van der Waals surface area contributed by atoms with Crippen molar-refractivity contribution in [3.63, 3.8) is 0 Å². The summed E-state index contributed by atoms with van der Waals surface area (Å²) in [4.78, 5) is 0. The maximum absolute atomic E-state index is 13.6.